The van der Waals surface area contributed by atoms with Crippen molar-refractivity contribution in [2.75, 3.05) is 13.2 Å². The number of pyridine rings is 1. The molecule has 0 bridgehead atoms. The Kier molecular flexibility index (Phi) is 4.42. The van der Waals surface area contributed by atoms with Gasteiger partial charge in [0.15, 0.2) is 0 Å². The monoisotopic (exact) mass is 355 g/mol. The van der Waals surface area contributed by atoms with E-state index in [1.165, 1.54) is 5.56 Å². The first-order chi connectivity index (χ1) is 12.2. The Bertz CT molecular complexity index is 866. The molecule has 25 heavy (non-hydrogen) atoms. The van der Waals surface area contributed by atoms with Crippen molar-refractivity contribution in [3.8, 4) is 17.1 Å². The van der Waals surface area contributed by atoms with Gasteiger partial charge in [0.1, 0.15) is 11.6 Å². The Labute approximate surface area is 150 Å². The second-order valence-electron chi connectivity index (χ2n) is 6.22. The molecule has 0 spiro atoms. The highest BCUT2D eigenvalue weighted by Gasteiger charge is 2.31. The van der Waals surface area contributed by atoms with Crippen LogP contribution >= 0.6 is 11.6 Å². The molecule has 1 fully saturated rings. The predicted octanol–water partition coefficient (Wildman–Crippen LogP) is 3.73. The van der Waals surface area contributed by atoms with Crippen molar-refractivity contribution < 1.29 is 9.84 Å². The van der Waals surface area contributed by atoms with Gasteiger partial charge in [-0.2, -0.15) is 0 Å². The first-order valence-corrected chi connectivity index (χ1v) is 8.59. The van der Waals surface area contributed by atoms with Crippen LogP contribution in [0.25, 0.3) is 11.4 Å². The first kappa shape index (κ1) is 16.1. The molecule has 0 unspecified atom stereocenters. The van der Waals surface area contributed by atoms with Crippen molar-refractivity contribution in [2.45, 2.75) is 12.5 Å². The van der Waals surface area contributed by atoms with Crippen molar-refractivity contribution in [1.82, 2.24) is 14.5 Å². The lowest BCUT2D eigenvalue weighted by Gasteiger charge is -2.21. The van der Waals surface area contributed by atoms with Crippen LogP contribution in [-0.2, 0) is 11.2 Å². The van der Waals surface area contributed by atoms with Gasteiger partial charge >= 0.3 is 0 Å². The lowest BCUT2D eigenvalue weighted by molar-refractivity contribution is 0.181. The van der Waals surface area contributed by atoms with Gasteiger partial charge in [-0.15, -0.1) is 0 Å². The van der Waals surface area contributed by atoms with Crippen molar-refractivity contribution in [3.05, 3.63) is 65.7 Å². The lowest BCUT2D eigenvalue weighted by atomic mass is 9.95. The number of phenols is 1. The Morgan fingerprint density at radius 3 is 2.84 bits per heavy atom. The van der Waals surface area contributed by atoms with Crippen LogP contribution in [0.3, 0.4) is 0 Å². The first-order valence-electron chi connectivity index (χ1n) is 8.21. The number of phenolic OH excluding ortho intramolecular Hbond substituents is 1. The number of benzene rings is 1. The van der Waals surface area contributed by atoms with Crippen molar-refractivity contribution in [3.63, 3.8) is 0 Å². The molecule has 6 heteroatoms. The van der Waals surface area contributed by atoms with Gasteiger partial charge in [-0.05, 0) is 36.2 Å². The smallest absolute Gasteiger partial charge is 0.141 e. The predicted molar refractivity (Wildman–Crippen MR) is 95.6 cm³/mol. The average molecular weight is 356 g/mol. The van der Waals surface area contributed by atoms with Gasteiger partial charge in [-0.25, -0.2) is 4.98 Å². The molecule has 128 valence electrons. The zero-order chi connectivity index (χ0) is 17.2. The van der Waals surface area contributed by atoms with Crippen LogP contribution in [0.2, 0.25) is 5.02 Å². The fraction of sp³-hybridized carbons (Fsp3) is 0.263. The summed E-state index contributed by atoms with van der Waals surface area (Å²) in [6, 6.07) is 9.46. The maximum atomic E-state index is 9.90. The molecule has 1 aliphatic heterocycles. The number of ether oxygens (including phenoxy) is 1. The SMILES string of the molecule is Oc1cccc(-c2nccn2[C@@H]2COC[C@H]2Cc2ccncc2)c1Cl. The minimum absolute atomic E-state index is 0.0599. The zero-order valence-electron chi connectivity index (χ0n) is 13.5. The van der Waals surface area contributed by atoms with Crippen LogP contribution in [0.5, 0.6) is 5.75 Å². The van der Waals surface area contributed by atoms with E-state index in [0.717, 1.165) is 17.8 Å². The Morgan fingerprint density at radius 1 is 1.16 bits per heavy atom. The Balaban J connectivity index is 1.66. The molecule has 4 rings (SSSR count). The van der Waals surface area contributed by atoms with Crippen molar-refractivity contribution in [1.29, 1.82) is 0 Å². The van der Waals surface area contributed by atoms with Gasteiger partial charge in [0.2, 0.25) is 0 Å². The molecule has 2 atom stereocenters. The summed E-state index contributed by atoms with van der Waals surface area (Å²) < 4.78 is 7.87. The van der Waals surface area contributed by atoms with E-state index in [4.69, 9.17) is 16.3 Å². The third-order valence-corrected chi connectivity index (χ3v) is 5.05. The minimum Gasteiger partial charge on any atom is -0.506 e. The van der Waals surface area contributed by atoms with Gasteiger partial charge in [0.25, 0.3) is 0 Å². The van der Waals surface area contributed by atoms with Gasteiger partial charge in [-0.1, -0.05) is 17.7 Å². The van der Waals surface area contributed by atoms with Gasteiger partial charge in [-0.3, -0.25) is 4.98 Å². The van der Waals surface area contributed by atoms with Crippen LogP contribution in [0.15, 0.2) is 55.1 Å². The zero-order valence-corrected chi connectivity index (χ0v) is 14.3. The third-order valence-electron chi connectivity index (χ3n) is 4.66. The Morgan fingerprint density at radius 2 is 2.00 bits per heavy atom. The summed E-state index contributed by atoms with van der Waals surface area (Å²) in [5.41, 5.74) is 1.97. The lowest BCUT2D eigenvalue weighted by Crippen LogP contribution is -2.20. The molecular weight excluding hydrogens is 338 g/mol. The van der Waals surface area contributed by atoms with E-state index >= 15 is 0 Å². The number of aromatic hydroxyl groups is 1. The summed E-state index contributed by atoms with van der Waals surface area (Å²) in [4.78, 5) is 8.55. The normalized spacial score (nSPS) is 20.0. The van der Waals surface area contributed by atoms with Gasteiger partial charge < -0.3 is 14.4 Å². The molecule has 1 aliphatic rings. The number of rotatable bonds is 4. The molecule has 1 saturated heterocycles. The number of nitrogens with zero attached hydrogens (tertiary/aromatic N) is 3. The number of hydrogen-bond donors (Lipinski definition) is 1. The molecule has 0 saturated carbocycles. The van der Waals surface area contributed by atoms with E-state index in [-0.39, 0.29) is 11.8 Å². The molecule has 3 heterocycles. The van der Waals surface area contributed by atoms with Gasteiger partial charge in [0, 0.05) is 36.3 Å². The minimum atomic E-state index is 0.0599. The molecule has 5 nitrogen and oxygen atoms in total. The third kappa shape index (κ3) is 3.13. The van der Waals surface area contributed by atoms with Crippen LogP contribution in [0, 0.1) is 5.92 Å². The van der Waals surface area contributed by atoms with E-state index in [1.807, 2.05) is 36.8 Å². The molecular formula is C19H18ClN3O2. The van der Waals surface area contributed by atoms with E-state index < -0.39 is 0 Å². The number of imidazole rings is 1. The molecule has 2 aromatic heterocycles. The standard InChI is InChI=1S/C19H18ClN3O2/c20-18-15(2-1-3-17(18)24)19-22-8-9-23(19)16-12-25-11-14(16)10-13-4-6-21-7-5-13/h1-9,14,16,24H,10-12H2/t14-,16-/m1/s1. The highest BCUT2D eigenvalue weighted by Crippen LogP contribution is 2.37. The summed E-state index contributed by atoms with van der Waals surface area (Å²) in [6.45, 7) is 1.34. The molecule has 0 aliphatic carbocycles. The van der Waals surface area contributed by atoms with E-state index in [2.05, 4.69) is 14.5 Å². The highest BCUT2D eigenvalue weighted by atomic mass is 35.5. The fourth-order valence-electron chi connectivity index (χ4n) is 3.39. The quantitative estimate of drug-likeness (QED) is 0.774. The molecule has 0 amide bonds. The number of hydrogen-bond acceptors (Lipinski definition) is 4. The second kappa shape index (κ2) is 6.86. The molecule has 3 aromatic rings. The number of aromatic nitrogens is 3. The molecule has 1 aromatic carbocycles. The number of halogens is 1. The maximum Gasteiger partial charge on any atom is 0.141 e. The van der Waals surface area contributed by atoms with E-state index in [0.29, 0.717) is 24.2 Å². The molecule has 0 radical (unpaired) electrons. The summed E-state index contributed by atoms with van der Waals surface area (Å²) in [6.07, 6.45) is 8.26. The average Bonchev–Trinajstić information content (AvgIpc) is 3.27. The summed E-state index contributed by atoms with van der Waals surface area (Å²) in [5, 5.41) is 10.2. The van der Waals surface area contributed by atoms with Crippen LogP contribution in [0.4, 0.5) is 0 Å². The van der Waals surface area contributed by atoms with Crippen LogP contribution in [0.1, 0.15) is 11.6 Å². The maximum absolute atomic E-state index is 9.90. The van der Waals surface area contributed by atoms with Crippen LogP contribution in [-0.4, -0.2) is 32.9 Å². The van der Waals surface area contributed by atoms with Crippen molar-refractivity contribution >= 4 is 11.6 Å². The topological polar surface area (TPSA) is 60.2 Å². The van der Waals surface area contributed by atoms with Crippen molar-refractivity contribution in [2.24, 2.45) is 5.92 Å². The fourth-order valence-corrected chi connectivity index (χ4v) is 3.60. The Hall–Kier alpha value is -2.37. The second-order valence-corrected chi connectivity index (χ2v) is 6.60. The summed E-state index contributed by atoms with van der Waals surface area (Å²) in [5.74, 6) is 1.15. The molecule has 1 N–H and O–H groups in total. The van der Waals surface area contributed by atoms with Gasteiger partial charge in [0.05, 0.1) is 24.3 Å². The van der Waals surface area contributed by atoms with E-state index in [9.17, 15) is 5.11 Å². The van der Waals surface area contributed by atoms with Crippen LogP contribution < -0.4 is 0 Å². The summed E-state index contributed by atoms with van der Waals surface area (Å²) >= 11 is 6.29. The van der Waals surface area contributed by atoms with E-state index in [1.54, 1.807) is 18.3 Å². The summed E-state index contributed by atoms with van der Waals surface area (Å²) in [7, 11) is 0. The highest BCUT2D eigenvalue weighted by molar-refractivity contribution is 6.34. The largest absolute Gasteiger partial charge is 0.506 e.